The Morgan fingerprint density at radius 2 is 2.04 bits per heavy atom. The van der Waals surface area contributed by atoms with Gasteiger partial charge in [-0.3, -0.25) is 9.79 Å². The van der Waals surface area contributed by atoms with Gasteiger partial charge in [0, 0.05) is 57.9 Å². The molecule has 3 rings (SSSR count). The molecule has 0 aliphatic carbocycles. The zero-order valence-corrected chi connectivity index (χ0v) is 16.4. The molecule has 1 aromatic rings. The monoisotopic (exact) mass is 373 g/mol. The maximum atomic E-state index is 11.9. The van der Waals surface area contributed by atoms with E-state index in [9.17, 15) is 4.79 Å². The van der Waals surface area contributed by atoms with Crippen molar-refractivity contribution in [2.45, 2.75) is 32.4 Å². The lowest BCUT2D eigenvalue weighted by Gasteiger charge is -2.30. The van der Waals surface area contributed by atoms with Gasteiger partial charge in [-0.05, 0) is 18.1 Å². The minimum atomic E-state index is 0.224. The lowest BCUT2D eigenvalue weighted by atomic mass is 10.1. The second kappa shape index (κ2) is 9.60. The summed E-state index contributed by atoms with van der Waals surface area (Å²) in [6.45, 7) is 7.59. The summed E-state index contributed by atoms with van der Waals surface area (Å²) < 4.78 is 5.47. The molecule has 2 heterocycles. The minimum absolute atomic E-state index is 0.224. The van der Waals surface area contributed by atoms with Crippen molar-refractivity contribution >= 4 is 17.6 Å². The quantitative estimate of drug-likeness (QED) is 0.600. The van der Waals surface area contributed by atoms with Crippen LogP contribution in [0.2, 0.25) is 0 Å². The highest BCUT2D eigenvalue weighted by Gasteiger charge is 2.25. The molecule has 2 N–H and O–H groups in total. The van der Waals surface area contributed by atoms with Crippen molar-refractivity contribution in [3.63, 3.8) is 0 Å². The normalized spacial score (nSPS) is 20.7. The fourth-order valence-electron chi connectivity index (χ4n) is 3.67. The fraction of sp³-hybridized carbons (Fsp3) is 0.600. The Kier molecular flexibility index (Phi) is 6.92. The third-order valence-electron chi connectivity index (χ3n) is 5.20. The zero-order valence-electron chi connectivity index (χ0n) is 16.4. The van der Waals surface area contributed by atoms with Gasteiger partial charge in [0.1, 0.15) is 0 Å². The van der Waals surface area contributed by atoms with E-state index in [4.69, 9.17) is 4.74 Å². The van der Waals surface area contributed by atoms with Crippen LogP contribution in [0, 0.1) is 0 Å². The van der Waals surface area contributed by atoms with Crippen molar-refractivity contribution in [3.05, 3.63) is 29.8 Å². The molecule has 1 aromatic carbocycles. The topological polar surface area (TPSA) is 69.2 Å². The van der Waals surface area contributed by atoms with Crippen molar-refractivity contribution in [1.82, 2.24) is 15.5 Å². The highest BCUT2D eigenvalue weighted by Crippen LogP contribution is 2.21. The van der Waals surface area contributed by atoms with E-state index in [1.54, 1.807) is 7.05 Å². The summed E-state index contributed by atoms with van der Waals surface area (Å²) >= 11 is 0. The molecular formula is C20H31N5O2. The van der Waals surface area contributed by atoms with E-state index < -0.39 is 0 Å². The lowest BCUT2D eigenvalue weighted by Crippen LogP contribution is -2.45. The van der Waals surface area contributed by atoms with Crippen molar-refractivity contribution < 1.29 is 9.53 Å². The summed E-state index contributed by atoms with van der Waals surface area (Å²) in [6.07, 6.45) is 1.52. The van der Waals surface area contributed by atoms with Crippen LogP contribution < -0.4 is 15.5 Å². The zero-order chi connectivity index (χ0) is 19.1. The van der Waals surface area contributed by atoms with Gasteiger partial charge in [-0.2, -0.15) is 0 Å². The molecule has 1 amide bonds. The second-order valence-corrected chi connectivity index (χ2v) is 6.98. The number of hydrogen-bond donors (Lipinski definition) is 2. The van der Waals surface area contributed by atoms with Gasteiger partial charge in [-0.25, -0.2) is 0 Å². The van der Waals surface area contributed by atoms with Gasteiger partial charge in [0.15, 0.2) is 5.96 Å². The molecule has 2 aliphatic heterocycles. The molecule has 2 aliphatic rings. The summed E-state index contributed by atoms with van der Waals surface area (Å²) in [6, 6.07) is 8.73. The van der Waals surface area contributed by atoms with Crippen LogP contribution in [-0.4, -0.2) is 69.2 Å². The van der Waals surface area contributed by atoms with Crippen LogP contribution in [-0.2, 0) is 16.1 Å². The van der Waals surface area contributed by atoms with E-state index in [2.05, 4.69) is 44.8 Å². The number of morpholine rings is 1. The molecule has 27 heavy (non-hydrogen) atoms. The highest BCUT2D eigenvalue weighted by atomic mass is 16.5. The predicted molar refractivity (Wildman–Crippen MR) is 108 cm³/mol. The average Bonchev–Trinajstić information content (AvgIpc) is 3.20. The molecule has 148 valence electrons. The number of amides is 1. The summed E-state index contributed by atoms with van der Waals surface area (Å²) in [5.41, 5.74) is 2.50. The number of ether oxygens (including phenoxy) is 1. The van der Waals surface area contributed by atoms with Crippen LogP contribution in [0.25, 0.3) is 0 Å². The molecule has 2 fully saturated rings. The van der Waals surface area contributed by atoms with Gasteiger partial charge >= 0.3 is 0 Å². The first-order chi connectivity index (χ1) is 13.2. The van der Waals surface area contributed by atoms with E-state index >= 15 is 0 Å². The summed E-state index contributed by atoms with van der Waals surface area (Å²) in [5.74, 6) is 1.00. The molecular weight excluding hydrogens is 342 g/mol. The first-order valence-corrected chi connectivity index (χ1v) is 9.86. The summed E-state index contributed by atoms with van der Waals surface area (Å²) in [4.78, 5) is 20.5. The fourth-order valence-corrected chi connectivity index (χ4v) is 3.67. The van der Waals surface area contributed by atoms with Gasteiger partial charge < -0.3 is 25.2 Å². The summed E-state index contributed by atoms with van der Waals surface area (Å²) in [5, 5.41) is 6.88. The van der Waals surface area contributed by atoms with Crippen molar-refractivity contribution in [3.8, 4) is 0 Å². The number of nitrogens with zero attached hydrogens (tertiary/aromatic N) is 3. The van der Waals surface area contributed by atoms with E-state index in [1.807, 2.05) is 11.8 Å². The Bertz CT molecular complexity index is 658. The maximum absolute atomic E-state index is 11.9. The number of hydrogen-bond acceptors (Lipinski definition) is 4. The Morgan fingerprint density at radius 3 is 2.78 bits per heavy atom. The maximum Gasteiger partial charge on any atom is 0.222 e. The third kappa shape index (κ3) is 5.13. The van der Waals surface area contributed by atoms with Crippen LogP contribution in [0.4, 0.5) is 5.69 Å². The first-order valence-electron chi connectivity index (χ1n) is 9.86. The predicted octanol–water partition coefficient (Wildman–Crippen LogP) is 1.20. The van der Waals surface area contributed by atoms with E-state index in [0.29, 0.717) is 13.0 Å². The molecule has 0 spiro atoms. The number of anilines is 1. The first kappa shape index (κ1) is 19.5. The molecule has 0 radical (unpaired) electrons. The standard InChI is InChI=1S/C20H31N5O2/c1-3-19(26)25-9-8-17(15-25)23-20(21-2)22-14-16-6-4-5-7-18(16)24-10-12-27-13-11-24/h4-7,17H,3,8-15H2,1-2H3,(H2,21,22,23). The van der Waals surface area contributed by atoms with Crippen molar-refractivity contribution in [1.29, 1.82) is 0 Å². The number of rotatable bonds is 5. The number of guanidine groups is 1. The molecule has 1 unspecified atom stereocenters. The Labute approximate surface area is 161 Å². The minimum Gasteiger partial charge on any atom is -0.378 e. The summed E-state index contributed by atoms with van der Waals surface area (Å²) in [7, 11) is 1.78. The Hall–Kier alpha value is -2.28. The van der Waals surface area contributed by atoms with E-state index in [-0.39, 0.29) is 11.9 Å². The van der Waals surface area contributed by atoms with Gasteiger partial charge in [-0.1, -0.05) is 25.1 Å². The average molecular weight is 374 g/mol. The van der Waals surface area contributed by atoms with Crippen LogP contribution in [0.1, 0.15) is 25.3 Å². The van der Waals surface area contributed by atoms with Crippen LogP contribution in [0.5, 0.6) is 0 Å². The van der Waals surface area contributed by atoms with Gasteiger partial charge in [0.05, 0.1) is 13.2 Å². The van der Waals surface area contributed by atoms with Crippen LogP contribution in [0.3, 0.4) is 0 Å². The van der Waals surface area contributed by atoms with Gasteiger partial charge in [0.25, 0.3) is 0 Å². The molecule has 2 saturated heterocycles. The van der Waals surface area contributed by atoms with Crippen molar-refractivity contribution in [2.75, 3.05) is 51.3 Å². The number of benzene rings is 1. The SMILES string of the molecule is CCC(=O)N1CCC(NC(=NC)NCc2ccccc2N2CCOCC2)C1. The van der Waals surface area contributed by atoms with Crippen LogP contribution in [0.15, 0.2) is 29.3 Å². The van der Waals surface area contributed by atoms with E-state index in [1.165, 1.54) is 11.3 Å². The number of aliphatic imine (C=N–C) groups is 1. The Morgan fingerprint density at radius 1 is 1.26 bits per heavy atom. The largest absolute Gasteiger partial charge is 0.378 e. The van der Waals surface area contributed by atoms with Crippen LogP contribution >= 0.6 is 0 Å². The third-order valence-corrected chi connectivity index (χ3v) is 5.20. The highest BCUT2D eigenvalue weighted by molar-refractivity contribution is 5.80. The number of likely N-dealkylation sites (tertiary alicyclic amines) is 1. The second-order valence-electron chi connectivity index (χ2n) is 6.98. The molecule has 7 heteroatoms. The van der Waals surface area contributed by atoms with Gasteiger partial charge in [-0.15, -0.1) is 0 Å². The van der Waals surface area contributed by atoms with Crippen molar-refractivity contribution in [2.24, 2.45) is 4.99 Å². The molecule has 0 bridgehead atoms. The number of nitrogens with one attached hydrogen (secondary N) is 2. The Balaban J connectivity index is 1.55. The molecule has 0 saturated carbocycles. The molecule has 7 nitrogen and oxygen atoms in total. The molecule has 0 aromatic heterocycles. The smallest absolute Gasteiger partial charge is 0.222 e. The van der Waals surface area contributed by atoms with Gasteiger partial charge in [0.2, 0.25) is 5.91 Å². The van der Waals surface area contributed by atoms with E-state index in [0.717, 1.165) is 51.8 Å². The number of carbonyl (C=O) groups is 1. The number of carbonyl (C=O) groups excluding carboxylic acids is 1. The lowest BCUT2D eigenvalue weighted by molar-refractivity contribution is -0.129. The molecule has 1 atom stereocenters. The number of para-hydroxylation sites is 1.